The number of carbonyl (C=O) groups is 2. The van der Waals surface area contributed by atoms with Crippen LogP contribution in [0, 0.1) is 23.7 Å². The number of carbonyl (C=O) groups excluding carboxylic acids is 2. The molecule has 3 nitrogen and oxygen atoms in total. The summed E-state index contributed by atoms with van der Waals surface area (Å²) in [5, 5.41) is 0. The predicted molar refractivity (Wildman–Crippen MR) is 55.0 cm³/mol. The van der Waals surface area contributed by atoms with Gasteiger partial charge in [-0.3, -0.25) is 9.59 Å². The van der Waals surface area contributed by atoms with Gasteiger partial charge in [0.05, 0.1) is 0 Å². The van der Waals surface area contributed by atoms with E-state index in [1.807, 2.05) is 0 Å². The van der Waals surface area contributed by atoms with Crippen LogP contribution in [-0.2, 0) is 9.59 Å². The lowest BCUT2D eigenvalue weighted by Crippen LogP contribution is -2.42. The van der Waals surface area contributed by atoms with Gasteiger partial charge in [-0.05, 0) is 31.1 Å². The fourth-order valence-electron chi connectivity index (χ4n) is 4.12. The minimum absolute atomic E-state index is 0.0171. The maximum atomic E-state index is 11.8. The van der Waals surface area contributed by atoms with Crippen LogP contribution in [0.1, 0.15) is 32.1 Å². The van der Waals surface area contributed by atoms with Gasteiger partial charge in [0.1, 0.15) is 0 Å². The zero-order valence-electron chi connectivity index (χ0n) is 8.82. The molecule has 3 heteroatoms. The normalized spacial score (nSPS) is 49.3. The van der Waals surface area contributed by atoms with Crippen LogP contribution in [0.5, 0.6) is 0 Å². The molecule has 0 amide bonds. The standard InChI is InChI=1S/C12H17NO2/c13-7-4-6-2-1-3-8-10(6)9(5-7)12(15)11(8)14/h6-10H,1-5,13H2. The Morgan fingerprint density at radius 1 is 1.00 bits per heavy atom. The predicted octanol–water partition coefficient (Wildman–Crippen LogP) is 0.908. The third-order valence-corrected chi connectivity index (χ3v) is 4.64. The molecule has 0 radical (unpaired) electrons. The second-order valence-electron chi connectivity index (χ2n) is 5.44. The van der Waals surface area contributed by atoms with Crippen LogP contribution < -0.4 is 5.73 Å². The molecular weight excluding hydrogens is 190 g/mol. The molecule has 0 saturated heterocycles. The second-order valence-corrected chi connectivity index (χ2v) is 5.44. The summed E-state index contributed by atoms with van der Waals surface area (Å²) in [5.41, 5.74) is 5.97. The lowest BCUT2D eigenvalue weighted by Gasteiger charge is -2.41. The molecule has 0 aromatic heterocycles. The molecule has 5 atom stereocenters. The summed E-state index contributed by atoms with van der Waals surface area (Å²) < 4.78 is 0. The van der Waals surface area contributed by atoms with Gasteiger partial charge in [-0.15, -0.1) is 0 Å². The first-order chi connectivity index (χ1) is 7.18. The lowest BCUT2D eigenvalue weighted by molar-refractivity contribution is -0.137. The molecule has 0 bridgehead atoms. The van der Waals surface area contributed by atoms with E-state index in [1.54, 1.807) is 0 Å². The van der Waals surface area contributed by atoms with Crippen LogP contribution in [0.3, 0.4) is 0 Å². The van der Waals surface area contributed by atoms with E-state index in [1.165, 1.54) is 6.42 Å². The first kappa shape index (κ1) is 9.52. The summed E-state index contributed by atoms with van der Waals surface area (Å²) >= 11 is 0. The number of hydrogen-bond acceptors (Lipinski definition) is 3. The van der Waals surface area contributed by atoms with Crippen molar-refractivity contribution in [2.45, 2.75) is 38.1 Å². The SMILES string of the molecule is NC1CC2CCCC3C(=O)C(=O)C(C1)C23. The first-order valence-electron chi connectivity index (χ1n) is 6.02. The molecule has 0 aromatic rings. The topological polar surface area (TPSA) is 60.2 Å². The van der Waals surface area contributed by atoms with Crippen molar-refractivity contribution in [1.82, 2.24) is 0 Å². The van der Waals surface area contributed by atoms with Crippen molar-refractivity contribution in [1.29, 1.82) is 0 Å². The molecule has 3 saturated carbocycles. The van der Waals surface area contributed by atoms with Crippen molar-refractivity contribution in [2.24, 2.45) is 29.4 Å². The lowest BCUT2D eigenvalue weighted by atomic mass is 9.63. The maximum Gasteiger partial charge on any atom is 0.202 e. The fourth-order valence-corrected chi connectivity index (χ4v) is 4.12. The summed E-state index contributed by atoms with van der Waals surface area (Å²) in [6, 6.07) is 0.143. The summed E-state index contributed by atoms with van der Waals surface area (Å²) in [5.74, 6) is 0.771. The highest BCUT2D eigenvalue weighted by Gasteiger charge is 2.55. The molecule has 3 rings (SSSR count). The van der Waals surface area contributed by atoms with Crippen LogP contribution in [0.15, 0.2) is 0 Å². The Kier molecular flexibility index (Phi) is 2.00. The average Bonchev–Trinajstić information content (AvgIpc) is 2.46. The van der Waals surface area contributed by atoms with E-state index in [-0.39, 0.29) is 29.4 Å². The zero-order valence-corrected chi connectivity index (χ0v) is 8.82. The van der Waals surface area contributed by atoms with Crippen LogP contribution in [-0.4, -0.2) is 17.6 Å². The van der Waals surface area contributed by atoms with Gasteiger partial charge in [0.15, 0.2) is 0 Å². The van der Waals surface area contributed by atoms with Crippen LogP contribution in [0.2, 0.25) is 0 Å². The van der Waals surface area contributed by atoms with Gasteiger partial charge in [-0.25, -0.2) is 0 Å². The Morgan fingerprint density at radius 2 is 1.73 bits per heavy atom. The van der Waals surface area contributed by atoms with E-state index in [0.717, 1.165) is 25.7 Å². The highest BCUT2D eigenvalue weighted by Crippen LogP contribution is 2.51. The molecule has 3 aliphatic rings. The van der Waals surface area contributed by atoms with Crippen molar-refractivity contribution < 1.29 is 9.59 Å². The quantitative estimate of drug-likeness (QED) is 0.600. The third kappa shape index (κ3) is 1.22. The number of nitrogens with two attached hydrogens (primary N) is 1. The van der Waals surface area contributed by atoms with E-state index in [0.29, 0.717) is 11.8 Å². The van der Waals surface area contributed by atoms with Gasteiger partial charge < -0.3 is 5.73 Å². The Hall–Kier alpha value is -0.700. The van der Waals surface area contributed by atoms with E-state index in [9.17, 15) is 9.59 Å². The molecule has 3 aliphatic carbocycles. The molecule has 5 unspecified atom stereocenters. The van der Waals surface area contributed by atoms with Gasteiger partial charge in [-0.2, -0.15) is 0 Å². The summed E-state index contributed by atoms with van der Waals surface area (Å²) in [4.78, 5) is 23.6. The van der Waals surface area contributed by atoms with Crippen molar-refractivity contribution >= 4 is 11.6 Å². The summed E-state index contributed by atoms with van der Waals surface area (Å²) in [6.45, 7) is 0. The number of Topliss-reactive ketones (excluding diaryl/α,β-unsaturated/α-hetero) is 2. The van der Waals surface area contributed by atoms with Crippen molar-refractivity contribution in [3.63, 3.8) is 0 Å². The van der Waals surface area contributed by atoms with Crippen LogP contribution in [0.25, 0.3) is 0 Å². The Bertz CT molecular complexity index is 326. The minimum Gasteiger partial charge on any atom is -0.328 e. The Balaban J connectivity index is 1.97. The molecule has 0 aliphatic heterocycles. The molecule has 2 N–H and O–H groups in total. The molecule has 3 fully saturated rings. The van der Waals surface area contributed by atoms with Crippen molar-refractivity contribution in [2.75, 3.05) is 0 Å². The van der Waals surface area contributed by atoms with Gasteiger partial charge in [-0.1, -0.05) is 12.8 Å². The van der Waals surface area contributed by atoms with Crippen LogP contribution >= 0.6 is 0 Å². The largest absolute Gasteiger partial charge is 0.328 e. The third-order valence-electron chi connectivity index (χ3n) is 4.64. The van der Waals surface area contributed by atoms with Gasteiger partial charge in [0.2, 0.25) is 11.6 Å². The fraction of sp³-hybridized carbons (Fsp3) is 0.833. The van der Waals surface area contributed by atoms with Crippen molar-refractivity contribution in [3.8, 4) is 0 Å². The van der Waals surface area contributed by atoms with Crippen molar-refractivity contribution in [3.05, 3.63) is 0 Å². The van der Waals surface area contributed by atoms with Crippen LogP contribution in [0.4, 0.5) is 0 Å². The summed E-state index contributed by atoms with van der Waals surface area (Å²) in [7, 11) is 0. The average molecular weight is 207 g/mol. The number of rotatable bonds is 0. The molecule has 15 heavy (non-hydrogen) atoms. The summed E-state index contributed by atoms with van der Waals surface area (Å²) in [6.07, 6.45) is 4.99. The second kappa shape index (κ2) is 3.14. The van der Waals surface area contributed by atoms with E-state index in [2.05, 4.69) is 0 Å². The Labute approximate surface area is 89.4 Å². The highest BCUT2D eigenvalue weighted by molar-refractivity contribution is 6.41. The minimum atomic E-state index is -0.105. The highest BCUT2D eigenvalue weighted by atomic mass is 16.2. The molecular formula is C12H17NO2. The van der Waals surface area contributed by atoms with Gasteiger partial charge in [0, 0.05) is 17.9 Å². The maximum absolute atomic E-state index is 11.8. The molecule has 0 spiro atoms. The number of ketones is 2. The monoisotopic (exact) mass is 207 g/mol. The van der Waals surface area contributed by atoms with E-state index < -0.39 is 0 Å². The molecule has 82 valence electrons. The first-order valence-corrected chi connectivity index (χ1v) is 6.02. The van der Waals surface area contributed by atoms with E-state index in [4.69, 9.17) is 5.73 Å². The van der Waals surface area contributed by atoms with Gasteiger partial charge >= 0.3 is 0 Å². The van der Waals surface area contributed by atoms with Gasteiger partial charge in [0.25, 0.3) is 0 Å². The number of hydrogen-bond donors (Lipinski definition) is 1. The zero-order chi connectivity index (χ0) is 10.6. The Morgan fingerprint density at radius 3 is 2.53 bits per heavy atom. The van der Waals surface area contributed by atoms with E-state index >= 15 is 0 Å². The smallest absolute Gasteiger partial charge is 0.202 e. The molecule has 0 heterocycles. The molecule has 0 aromatic carbocycles.